The van der Waals surface area contributed by atoms with Crippen LogP contribution in [0.5, 0.6) is 11.5 Å². The fourth-order valence-corrected chi connectivity index (χ4v) is 8.32. The molecule has 330 valence electrons. The summed E-state index contributed by atoms with van der Waals surface area (Å²) in [6.45, 7) is 11.0. The number of rotatable bonds is 18. The number of carbonyl (C=O) groups is 2. The second-order valence-electron chi connectivity index (χ2n) is 18.0. The van der Waals surface area contributed by atoms with Gasteiger partial charge < -0.3 is 39.4 Å². The van der Waals surface area contributed by atoms with Gasteiger partial charge in [0.15, 0.2) is 12.2 Å². The van der Waals surface area contributed by atoms with Crippen LogP contribution in [-0.2, 0) is 24.5 Å². The third-order valence-electron chi connectivity index (χ3n) is 12.5. The van der Waals surface area contributed by atoms with E-state index in [4.69, 9.17) is 18.9 Å². The van der Waals surface area contributed by atoms with Gasteiger partial charge in [-0.05, 0) is 123 Å². The van der Waals surface area contributed by atoms with Gasteiger partial charge in [-0.25, -0.2) is 9.59 Å². The highest BCUT2D eigenvalue weighted by atomic mass is 16.6. The molecule has 4 atom stereocenters. The van der Waals surface area contributed by atoms with Crippen LogP contribution < -0.4 is 9.47 Å². The average Bonchev–Trinajstić information content (AvgIpc) is 3.59. The van der Waals surface area contributed by atoms with E-state index in [1.54, 1.807) is 20.8 Å². The smallest absolute Gasteiger partial charge is 0.338 e. The van der Waals surface area contributed by atoms with E-state index in [2.05, 4.69) is 112 Å². The quantitative estimate of drug-likeness (QED) is 0.0618. The fraction of sp³-hybridized carbons (Fsp3) is 0.358. The Hall–Kier alpha value is -5.78. The van der Waals surface area contributed by atoms with E-state index >= 15 is 0 Å². The van der Waals surface area contributed by atoms with Crippen LogP contribution in [0.15, 0.2) is 121 Å². The largest absolute Gasteiger partial charge is 0.491 e. The first kappa shape index (κ1) is 45.3. The first-order valence-electron chi connectivity index (χ1n) is 21.7. The summed E-state index contributed by atoms with van der Waals surface area (Å²) in [5.74, 6) is -1.22. The molecule has 7 rings (SSSR count). The molecule has 0 fully saturated rings. The minimum absolute atomic E-state index is 0.0404. The van der Waals surface area contributed by atoms with Gasteiger partial charge in [-0.3, -0.25) is 0 Å². The van der Waals surface area contributed by atoms with Crippen LogP contribution in [0.4, 0.5) is 0 Å². The molecule has 6 aromatic rings. The normalized spacial score (nSPS) is 15.2. The minimum atomic E-state index is -2.18. The van der Waals surface area contributed by atoms with E-state index in [0.717, 1.165) is 39.1 Å². The van der Waals surface area contributed by atoms with E-state index in [-0.39, 0.29) is 18.6 Å². The molecule has 0 aromatic heterocycles. The van der Waals surface area contributed by atoms with Gasteiger partial charge in [0, 0.05) is 0 Å². The maximum Gasteiger partial charge on any atom is 0.338 e. The Kier molecular flexibility index (Phi) is 13.3. The lowest BCUT2D eigenvalue weighted by Crippen LogP contribution is -2.45. The molecule has 4 unspecified atom stereocenters. The van der Waals surface area contributed by atoms with Crippen LogP contribution in [0.2, 0.25) is 0 Å². The van der Waals surface area contributed by atoms with Gasteiger partial charge in [0.05, 0.1) is 11.5 Å². The molecule has 0 aliphatic heterocycles. The van der Waals surface area contributed by atoms with E-state index in [1.165, 1.54) is 22.3 Å². The standard InChI is InChI=1S/C53H58O10/c1-7-51(3,4)29-39(54)30-60-41-23-19-33-25-37(21-17-35(33)27-41)53(45-15-11-9-13-43(45)44-14-10-12-16-46(44)53)38-22-18-36-28-42(24-20-34(36)26-38)61-31-40(55)32-62-49(58)47(56)48(57)50(59)63-52(5,6)8-2/h9-28,39-40,47-48,54-57H,7-8,29-32H2,1-6H3. The molecule has 10 nitrogen and oxygen atoms in total. The molecule has 0 saturated carbocycles. The van der Waals surface area contributed by atoms with Gasteiger partial charge >= 0.3 is 11.9 Å². The lowest BCUT2D eigenvalue weighted by atomic mass is 9.67. The highest BCUT2D eigenvalue weighted by Crippen LogP contribution is 2.56. The van der Waals surface area contributed by atoms with Gasteiger partial charge in [-0.1, -0.05) is 119 Å². The number of fused-ring (bicyclic) bond motifs is 5. The molecular weight excluding hydrogens is 797 g/mol. The average molecular weight is 855 g/mol. The lowest BCUT2D eigenvalue weighted by molar-refractivity contribution is -0.182. The molecule has 1 aliphatic rings. The third kappa shape index (κ3) is 9.60. The molecule has 4 N–H and O–H groups in total. The monoisotopic (exact) mass is 854 g/mol. The zero-order chi connectivity index (χ0) is 45.1. The Bertz CT molecular complexity index is 2550. The van der Waals surface area contributed by atoms with Gasteiger partial charge in [0.2, 0.25) is 0 Å². The zero-order valence-electron chi connectivity index (χ0n) is 36.8. The minimum Gasteiger partial charge on any atom is -0.491 e. The Balaban J connectivity index is 1.11. The van der Waals surface area contributed by atoms with Crippen LogP contribution in [0.1, 0.15) is 83.1 Å². The third-order valence-corrected chi connectivity index (χ3v) is 12.5. The first-order chi connectivity index (χ1) is 30.0. The number of benzene rings is 6. The summed E-state index contributed by atoms with van der Waals surface area (Å²) in [4.78, 5) is 24.6. The molecule has 63 heavy (non-hydrogen) atoms. The van der Waals surface area contributed by atoms with Crippen LogP contribution in [-0.4, -0.2) is 82.2 Å². The number of hydrogen-bond acceptors (Lipinski definition) is 10. The predicted molar refractivity (Wildman–Crippen MR) is 244 cm³/mol. The predicted octanol–water partition coefficient (Wildman–Crippen LogP) is 8.66. The van der Waals surface area contributed by atoms with Crippen molar-refractivity contribution >= 4 is 33.5 Å². The first-order valence-corrected chi connectivity index (χ1v) is 21.7. The summed E-state index contributed by atoms with van der Waals surface area (Å²) in [5, 5.41) is 45.6. The van der Waals surface area contributed by atoms with Crippen LogP contribution in [0.3, 0.4) is 0 Å². The van der Waals surface area contributed by atoms with Crippen molar-refractivity contribution in [3.8, 4) is 22.6 Å². The van der Waals surface area contributed by atoms with Crippen molar-refractivity contribution in [3.63, 3.8) is 0 Å². The topological polar surface area (TPSA) is 152 Å². The molecule has 0 heterocycles. The summed E-state index contributed by atoms with van der Waals surface area (Å²) in [7, 11) is 0. The second kappa shape index (κ2) is 18.5. The van der Waals surface area contributed by atoms with Gasteiger partial charge in [-0.2, -0.15) is 0 Å². The van der Waals surface area contributed by atoms with E-state index in [1.807, 2.05) is 30.3 Å². The van der Waals surface area contributed by atoms with Gasteiger partial charge in [-0.15, -0.1) is 0 Å². The fourth-order valence-electron chi connectivity index (χ4n) is 8.32. The van der Waals surface area contributed by atoms with E-state index in [0.29, 0.717) is 24.3 Å². The number of aliphatic hydroxyl groups excluding tert-OH is 4. The van der Waals surface area contributed by atoms with Crippen LogP contribution >= 0.6 is 0 Å². The summed E-state index contributed by atoms with van der Waals surface area (Å²) in [6.07, 6.45) is -4.03. The number of esters is 2. The zero-order valence-corrected chi connectivity index (χ0v) is 36.8. The van der Waals surface area contributed by atoms with Crippen molar-refractivity contribution in [2.75, 3.05) is 19.8 Å². The van der Waals surface area contributed by atoms with Crippen molar-refractivity contribution in [1.82, 2.24) is 0 Å². The number of ether oxygens (including phenoxy) is 4. The maximum atomic E-state index is 12.4. The second-order valence-corrected chi connectivity index (χ2v) is 18.0. The molecule has 0 amide bonds. The highest BCUT2D eigenvalue weighted by Gasteiger charge is 2.46. The molecule has 0 spiro atoms. The molecule has 0 saturated heterocycles. The molecule has 1 aliphatic carbocycles. The number of aliphatic hydroxyl groups is 4. The highest BCUT2D eigenvalue weighted by molar-refractivity contribution is 5.92. The number of carbonyl (C=O) groups excluding carboxylic acids is 2. The SMILES string of the molecule is CCC(C)(C)CC(O)COc1ccc2cc(C3(c4ccc5cc(OCC(O)COC(=O)C(O)C(O)C(=O)OC(C)(C)CC)ccc5c4)c4ccccc4-c4ccccc43)ccc2c1. The van der Waals surface area contributed by atoms with E-state index in [9.17, 15) is 30.0 Å². The van der Waals surface area contributed by atoms with Crippen molar-refractivity contribution in [2.45, 2.75) is 96.2 Å². The van der Waals surface area contributed by atoms with Crippen LogP contribution in [0.25, 0.3) is 32.7 Å². The van der Waals surface area contributed by atoms with Crippen molar-refractivity contribution in [3.05, 3.63) is 144 Å². The van der Waals surface area contributed by atoms with Crippen molar-refractivity contribution in [2.24, 2.45) is 5.41 Å². The van der Waals surface area contributed by atoms with Gasteiger partial charge in [0.25, 0.3) is 0 Å². The van der Waals surface area contributed by atoms with Crippen molar-refractivity contribution in [1.29, 1.82) is 0 Å². The van der Waals surface area contributed by atoms with Gasteiger partial charge in [0.1, 0.15) is 43.0 Å². The molecular formula is C53H58O10. The summed E-state index contributed by atoms with van der Waals surface area (Å²) < 4.78 is 22.1. The Labute approximate surface area is 369 Å². The summed E-state index contributed by atoms with van der Waals surface area (Å²) in [6, 6.07) is 42.0. The molecule has 0 bridgehead atoms. The van der Waals surface area contributed by atoms with Crippen LogP contribution in [0, 0.1) is 5.41 Å². The lowest BCUT2D eigenvalue weighted by Gasteiger charge is -2.34. The molecule has 10 heteroatoms. The Morgan fingerprint density at radius 2 is 1.02 bits per heavy atom. The van der Waals surface area contributed by atoms with Crippen molar-refractivity contribution < 1.29 is 49.0 Å². The molecule has 0 radical (unpaired) electrons. The Morgan fingerprint density at radius 1 is 0.556 bits per heavy atom. The molecule has 6 aromatic carbocycles. The van der Waals surface area contributed by atoms with E-state index < -0.39 is 54.0 Å². The summed E-state index contributed by atoms with van der Waals surface area (Å²) in [5.41, 5.74) is 5.45. The summed E-state index contributed by atoms with van der Waals surface area (Å²) >= 11 is 0. The maximum absolute atomic E-state index is 12.4. The number of hydrogen-bond donors (Lipinski definition) is 4. The Morgan fingerprint density at radius 3 is 1.52 bits per heavy atom.